The summed E-state index contributed by atoms with van der Waals surface area (Å²) in [6.45, 7) is 8.97. The van der Waals surface area contributed by atoms with Crippen molar-refractivity contribution in [3.63, 3.8) is 0 Å². The molecule has 0 aliphatic rings. The fraction of sp³-hybridized carbons (Fsp3) is 0.500. The van der Waals surface area contributed by atoms with Crippen LogP contribution in [0.5, 0.6) is 0 Å². The average molecular weight is 284 g/mol. The van der Waals surface area contributed by atoms with E-state index >= 15 is 0 Å². The molecule has 0 bridgehead atoms. The highest BCUT2D eigenvalue weighted by Gasteiger charge is 2.14. The van der Waals surface area contributed by atoms with Gasteiger partial charge in [0.2, 0.25) is 0 Å². The van der Waals surface area contributed by atoms with Crippen LogP contribution in [0.3, 0.4) is 0 Å². The molecule has 1 aromatic carbocycles. The average Bonchev–Trinajstić information content (AvgIpc) is 2.35. The van der Waals surface area contributed by atoms with Gasteiger partial charge in [-0.25, -0.2) is 0 Å². The standard InChI is InChI=1S/C14H22ClN3O/c1-4-18(5-2)9-10(3)17-14(19)12-7-6-11(16)8-13(12)15/h6-8,10H,4-5,9,16H2,1-3H3,(H,17,19)/t10-/m0/s1. The van der Waals surface area contributed by atoms with Gasteiger partial charge in [-0.3, -0.25) is 4.79 Å². The van der Waals surface area contributed by atoms with Crippen molar-refractivity contribution in [1.29, 1.82) is 0 Å². The van der Waals surface area contributed by atoms with Gasteiger partial charge in [0.15, 0.2) is 0 Å². The number of nitrogens with two attached hydrogens (primary N) is 1. The van der Waals surface area contributed by atoms with Crippen LogP contribution in [0.15, 0.2) is 18.2 Å². The number of anilines is 1. The normalized spacial score (nSPS) is 12.5. The zero-order valence-electron chi connectivity index (χ0n) is 11.7. The minimum Gasteiger partial charge on any atom is -0.399 e. The van der Waals surface area contributed by atoms with Gasteiger partial charge in [0.05, 0.1) is 10.6 Å². The molecule has 19 heavy (non-hydrogen) atoms. The van der Waals surface area contributed by atoms with Crippen LogP contribution in [-0.2, 0) is 0 Å². The van der Waals surface area contributed by atoms with Crippen molar-refractivity contribution in [3.05, 3.63) is 28.8 Å². The Hall–Kier alpha value is -1.26. The van der Waals surface area contributed by atoms with E-state index < -0.39 is 0 Å². The van der Waals surface area contributed by atoms with Crippen LogP contribution in [-0.4, -0.2) is 36.5 Å². The fourth-order valence-electron chi connectivity index (χ4n) is 1.93. The molecule has 4 nitrogen and oxygen atoms in total. The number of carbonyl (C=O) groups excluding carboxylic acids is 1. The number of rotatable bonds is 6. The molecule has 0 saturated carbocycles. The van der Waals surface area contributed by atoms with Crippen molar-refractivity contribution in [2.75, 3.05) is 25.4 Å². The molecule has 106 valence electrons. The summed E-state index contributed by atoms with van der Waals surface area (Å²) in [5, 5.41) is 3.33. The van der Waals surface area contributed by atoms with E-state index in [9.17, 15) is 4.79 Å². The number of hydrogen-bond donors (Lipinski definition) is 2. The van der Waals surface area contributed by atoms with Crippen molar-refractivity contribution in [2.24, 2.45) is 0 Å². The number of nitrogen functional groups attached to an aromatic ring is 1. The van der Waals surface area contributed by atoms with E-state index in [1.54, 1.807) is 18.2 Å². The Bertz CT molecular complexity index is 433. The number of carbonyl (C=O) groups is 1. The van der Waals surface area contributed by atoms with Crippen LogP contribution in [0.1, 0.15) is 31.1 Å². The highest BCUT2D eigenvalue weighted by atomic mass is 35.5. The first-order valence-corrected chi connectivity index (χ1v) is 6.93. The molecule has 0 spiro atoms. The zero-order valence-corrected chi connectivity index (χ0v) is 12.5. The number of amides is 1. The second-order valence-electron chi connectivity index (χ2n) is 4.60. The maximum atomic E-state index is 12.1. The Balaban J connectivity index is 2.63. The summed E-state index contributed by atoms with van der Waals surface area (Å²) in [7, 11) is 0. The quantitative estimate of drug-likeness (QED) is 0.788. The van der Waals surface area contributed by atoms with Crippen LogP contribution in [0, 0.1) is 0 Å². The predicted molar refractivity (Wildman–Crippen MR) is 80.6 cm³/mol. The Morgan fingerprint density at radius 3 is 2.58 bits per heavy atom. The van der Waals surface area contributed by atoms with Crippen LogP contribution >= 0.6 is 11.6 Å². The van der Waals surface area contributed by atoms with E-state index in [-0.39, 0.29) is 11.9 Å². The molecule has 0 saturated heterocycles. The molecule has 1 aromatic rings. The minimum atomic E-state index is -0.162. The first-order chi connectivity index (χ1) is 8.97. The molecule has 1 amide bonds. The third-order valence-electron chi connectivity index (χ3n) is 3.04. The number of halogens is 1. The molecule has 3 N–H and O–H groups in total. The van der Waals surface area contributed by atoms with Crippen LogP contribution in [0.2, 0.25) is 5.02 Å². The SMILES string of the molecule is CCN(CC)C[C@H](C)NC(=O)c1ccc(N)cc1Cl. The predicted octanol–water partition coefficient (Wildman–Crippen LogP) is 2.38. The van der Waals surface area contributed by atoms with E-state index in [4.69, 9.17) is 17.3 Å². The molecular weight excluding hydrogens is 262 g/mol. The van der Waals surface area contributed by atoms with Crippen molar-refractivity contribution in [2.45, 2.75) is 26.8 Å². The maximum Gasteiger partial charge on any atom is 0.253 e. The Morgan fingerprint density at radius 2 is 2.05 bits per heavy atom. The Kier molecular flexibility index (Phi) is 6.12. The van der Waals surface area contributed by atoms with Crippen LogP contribution in [0.4, 0.5) is 5.69 Å². The second-order valence-corrected chi connectivity index (χ2v) is 5.01. The van der Waals surface area contributed by atoms with E-state index in [1.165, 1.54) is 0 Å². The van der Waals surface area contributed by atoms with Gasteiger partial charge in [-0.2, -0.15) is 0 Å². The maximum absolute atomic E-state index is 12.1. The Morgan fingerprint density at radius 1 is 1.42 bits per heavy atom. The monoisotopic (exact) mass is 283 g/mol. The van der Waals surface area contributed by atoms with Crippen LogP contribution in [0.25, 0.3) is 0 Å². The lowest BCUT2D eigenvalue weighted by Crippen LogP contribution is -2.42. The Labute approximate surface area is 119 Å². The van der Waals surface area contributed by atoms with Gasteiger partial charge in [-0.15, -0.1) is 0 Å². The number of nitrogens with zero attached hydrogens (tertiary/aromatic N) is 1. The number of nitrogens with one attached hydrogen (secondary N) is 1. The molecule has 0 aromatic heterocycles. The fourth-order valence-corrected chi connectivity index (χ4v) is 2.21. The van der Waals surface area contributed by atoms with Crippen molar-refractivity contribution >= 4 is 23.2 Å². The van der Waals surface area contributed by atoms with E-state index in [0.29, 0.717) is 16.3 Å². The first-order valence-electron chi connectivity index (χ1n) is 6.56. The summed E-state index contributed by atoms with van der Waals surface area (Å²) in [5.74, 6) is -0.162. The van der Waals surface area contributed by atoms with Gasteiger partial charge < -0.3 is 16.0 Å². The number of hydrogen-bond acceptors (Lipinski definition) is 3. The zero-order chi connectivity index (χ0) is 14.4. The number of benzene rings is 1. The summed E-state index contributed by atoms with van der Waals surface area (Å²) in [4.78, 5) is 14.3. The summed E-state index contributed by atoms with van der Waals surface area (Å²) in [6.07, 6.45) is 0. The lowest BCUT2D eigenvalue weighted by molar-refractivity contribution is 0.0930. The molecule has 1 rings (SSSR count). The third kappa shape index (κ3) is 4.73. The first kappa shape index (κ1) is 15.8. The smallest absolute Gasteiger partial charge is 0.253 e. The van der Waals surface area contributed by atoms with Gasteiger partial charge in [0.25, 0.3) is 5.91 Å². The molecule has 0 fully saturated rings. The van der Waals surface area contributed by atoms with Gasteiger partial charge in [-0.1, -0.05) is 25.4 Å². The van der Waals surface area contributed by atoms with Gasteiger partial charge in [0.1, 0.15) is 0 Å². The lowest BCUT2D eigenvalue weighted by Gasteiger charge is -2.23. The van der Waals surface area contributed by atoms with E-state index in [1.807, 2.05) is 6.92 Å². The van der Waals surface area contributed by atoms with Crippen molar-refractivity contribution in [1.82, 2.24) is 10.2 Å². The molecule has 0 aliphatic heterocycles. The third-order valence-corrected chi connectivity index (χ3v) is 3.35. The molecule has 0 heterocycles. The van der Waals surface area contributed by atoms with Crippen molar-refractivity contribution in [3.8, 4) is 0 Å². The number of likely N-dealkylation sites (N-methyl/N-ethyl adjacent to an activating group) is 1. The minimum absolute atomic E-state index is 0.0704. The molecule has 1 atom stereocenters. The molecule has 5 heteroatoms. The topological polar surface area (TPSA) is 58.4 Å². The summed E-state index contributed by atoms with van der Waals surface area (Å²) >= 11 is 6.02. The van der Waals surface area contributed by atoms with Gasteiger partial charge >= 0.3 is 0 Å². The summed E-state index contributed by atoms with van der Waals surface area (Å²) in [5.41, 5.74) is 6.62. The summed E-state index contributed by atoms with van der Waals surface area (Å²) in [6, 6.07) is 4.99. The summed E-state index contributed by atoms with van der Waals surface area (Å²) < 4.78 is 0. The highest BCUT2D eigenvalue weighted by Crippen LogP contribution is 2.19. The van der Waals surface area contributed by atoms with Gasteiger partial charge in [0, 0.05) is 18.3 Å². The van der Waals surface area contributed by atoms with Crippen LogP contribution < -0.4 is 11.1 Å². The molecule has 0 aliphatic carbocycles. The molecule has 0 radical (unpaired) electrons. The largest absolute Gasteiger partial charge is 0.399 e. The van der Waals surface area contributed by atoms with Gasteiger partial charge in [-0.05, 0) is 38.2 Å². The second kappa shape index (κ2) is 7.36. The molecular formula is C14H22ClN3O. The van der Waals surface area contributed by atoms with Crippen molar-refractivity contribution < 1.29 is 4.79 Å². The highest BCUT2D eigenvalue weighted by molar-refractivity contribution is 6.34. The van der Waals surface area contributed by atoms with E-state index in [2.05, 4.69) is 24.1 Å². The van der Waals surface area contributed by atoms with E-state index in [0.717, 1.165) is 19.6 Å². The molecule has 0 unspecified atom stereocenters. The lowest BCUT2D eigenvalue weighted by atomic mass is 10.1.